The van der Waals surface area contributed by atoms with Gasteiger partial charge in [0.05, 0.1) is 6.54 Å². The lowest BCUT2D eigenvalue weighted by molar-refractivity contribution is -0.605. The molecule has 1 aromatic heterocycles. The fourth-order valence-electron chi connectivity index (χ4n) is 1.09. The summed E-state index contributed by atoms with van der Waals surface area (Å²) < 4.78 is 5.74. The van der Waals surface area contributed by atoms with E-state index in [1.165, 1.54) is 12.4 Å². The molecule has 1 rings (SSSR count). The number of nitrogens with one attached hydrogen (secondary N) is 1. The van der Waals surface area contributed by atoms with Crippen molar-refractivity contribution < 1.29 is 14.3 Å². The van der Waals surface area contributed by atoms with E-state index in [0.717, 1.165) is 5.56 Å². The van der Waals surface area contributed by atoms with Crippen molar-refractivity contribution in [2.75, 3.05) is 0 Å². The molecule has 1 aromatic rings. The molecule has 0 aliphatic carbocycles. The summed E-state index contributed by atoms with van der Waals surface area (Å²) in [5.74, 6) is 0. The van der Waals surface area contributed by atoms with Crippen LogP contribution >= 0.6 is 0 Å². The number of hydrogen-bond acceptors (Lipinski definition) is 3. The Bertz CT molecular complexity index is 372. The zero-order valence-electron chi connectivity index (χ0n) is 9.69. The third-order valence-corrected chi connectivity index (χ3v) is 1.67. The van der Waals surface area contributed by atoms with Crippen molar-refractivity contribution in [2.24, 2.45) is 0 Å². The van der Waals surface area contributed by atoms with Gasteiger partial charge in [-0.1, -0.05) is 0 Å². The van der Waals surface area contributed by atoms with E-state index in [2.05, 4.69) is 5.32 Å². The summed E-state index contributed by atoms with van der Waals surface area (Å²) in [4.78, 5) is 11.3. The molecule has 0 saturated carbocycles. The lowest BCUT2D eigenvalue weighted by Crippen LogP contribution is -2.33. The van der Waals surface area contributed by atoms with Gasteiger partial charge in [-0.05, 0) is 26.8 Å². The summed E-state index contributed by atoms with van der Waals surface area (Å²) in [6, 6.07) is 3.38. The van der Waals surface area contributed by atoms with Crippen LogP contribution in [0.2, 0.25) is 0 Å². The van der Waals surface area contributed by atoms with Crippen molar-refractivity contribution >= 4 is 6.09 Å². The van der Waals surface area contributed by atoms with Crippen LogP contribution in [0, 0.1) is 5.21 Å². The molecule has 5 heteroatoms. The third kappa shape index (κ3) is 4.63. The number of hydrogen-bond donors (Lipinski definition) is 1. The first-order chi connectivity index (χ1) is 7.37. The van der Waals surface area contributed by atoms with E-state index in [1.807, 2.05) is 0 Å². The van der Waals surface area contributed by atoms with E-state index >= 15 is 0 Å². The maximum atomic E-state index is 11.3. The number of carbonyl (C=O) groups is 1. The Morgan fingerprint density at radius 2 is 2.25 bits per heavy atom. The van der Waals surface area contributed by atoms with Gasteiger partial charge in [-0.2, -0.15) is 4.73 Å². The average Bonchev–Trinajstić information content (AvgIpc) is 2.12. The lowest BCUT2D eigenvalue weighted by Gasteiger charge is -2.19. The van der Waals surface area contributed by atoms with Crippen molar-refractivity contribution in [3.8, 4) is 0 Å². The molecular weight excluding hydrogens is 208 g/mol. The first-order valence-corrected chi connectivity index (χ1v) is 5.01. The quantitative estimate of drug-likeness (QED) is 0.609. The molecule has 0 aromatic carbocycles. The fourth-order valence-corrected chi connectivity index (χ4v) is 1.09. The minimum atomic E-state index is -0.515. The molecule has 0 spiro atoms. The number of carbonyl (C=O) groups excluding carboxylic acids is 1. The minimum Gasteiger partial charge on any atom is -0.619 e. The summed E-state index contributed by atoms with van der Waals surface area (Å²) in [7, 11) is 0. The largest absolute Gasteiger partial charge is 0.619 e. The van der Waals surface area contributed by atoms with Crippen LogP contribution in [-0.2, 0) is 11.3 Å². The molecule has 0 bridgehead atoms. The molecular formula is C11H16N2O3. The Labute approximate surface area is 94.6 Å². The second-order valence-corrected chi connectivity index (χ2v) is 4.43. The topological polar surface area (TPSA) is 65.3 Å². The Morgan fingerprint density at radius 3 is 2.81 bits per heavy atom. The molecule has 0 saturated heterocycles. The second kappa shape index (κ2) is 4.83. The molecule has 1 amide bonds. The van der Waals surface area contributed by atoms with Crippen LogP contribution in [0.25, 0.3) is 0 Å². The number of pyridine rings is 1. The van der Waals surface area contributed by atoms with Gasteiger partial charge >= 0.3 is 6.09 Å². The van der Waals surface area contributed by atoms with E-state index in [0.29, 0.717) is 4.73 Å². The molecule has 1 N–H and O–H groups in total. The predicted octanol–water partition coefficient (Wildman–Crippen LogP) is 1.34. The second-order valence-electron chi connectivity index (χ2n) is 4.43. The number of ether oxygens (including phenoxy) is 1. The van der Waals surface area contributed by atoms with Gasteiger partial charge in [0.25, 0.3) is 0 Å². The van der Waals surface area contributed by atoms with E-state index in [-0.39, 0.29) is 6.54 Å². The maximum absolute atomic E-state index is 11.3. The third-order valence-electron chi connectivity index (χ3n) is 1.67. The highest BCUT2D eigenvalue weighted by Crippen LogP contribution is 2.06. The molecule has 0 aliphatic heterocycles. The SMILES string of the molecule is CC(C)(C)OC(=O)NCc1ccc[n+]([O-])c1. The number of amides is 1. The van der Waals surface area contributed by atoms with Crippen LogP contribution in [0.15, 0.2) is 24.5 Å². The van der Waals surface area contributed by atoms with Crippen molar-refractivity contribution in [2.45, 2.75) is 32.9 Å². The molecule has 0 atom stereocenters. The lowest BCUT2D eigenvalue weighted by atomic mass is 10.2. The van der Waals surface area contributed by atoms with Crippen LogP contribution in [0.5, 0.6) is 0 Å². The van der Waals surface area contributed by atoms with Gasteiger partial charge in [0, 0.05) is 11.6 Å². The Balaban J connectivity index is 2.43. The zero-order chi connectivity index (χ0) is 12.2. The number of alkyl carbamates (subject to hydrolysis) is 1. The van der Waals surface area contributed by atoms with E-state index in [4.69, 9.17) is 4.74 Å². The van der Waals surface area contributed by atoms with E-state index in [1.54, 1.807) is 32.9 Å². The maximum Gasteiger partial charge on any atom is 0.407 e. The molecule has 1 heterocycles. The predicted molar refractivity (Wildman–Crippen MR) is 58.5 cm³/mol. The van der Waals surface area contributed by atoms with Crippen LogP contribution < -0.4 is 10.0 Å². The fraction of sp³-hybridized carbons (Fsp3) is 0.455. The molecule has 0 aliphatic rings. The summed E-state index contributed by atoms with van der Waals surface area (Å²) in [6.07, 6.45) is 2.29. The van der Waals surface area contributed by atoms with Crippen molar-refractivity contribution in [3.05, 3.63) is 35.3 Å². The molecule has 5 nitrogen and oxygen atoms in total. The Kier molecular flexibility index (Phi) is 3.71. The molecule has 88 valence electrons. The van der Waals surface area contributed by atoms with Crippen LogP contribution in [0.3, 0.4) is 0 Å². The highest BCUT2D eigenvalue weighted by molar-refractivity contribution is 5.67. The minimum absolute atomic E-state index is 0.276. The van der Waals surface area contributed by atoms with E-state index < -0.39 is 11.7 Å². The van der Waals surface area contributed by atoms with Crippen LogP contribution in [0.1, 0.15) is 26.3 Å². The van der Waals surface area contributed by atoms with Gasteiger partial charge in [-0.3, -0.25) is 0 Å². The zero-order valence-corrected chi connectivity index (χ0v) is 9.69. The number of nitrogens with zero attached hydrogens (tertiary/aromatic N) is 1. The highest BCUT2D eigenvalue weighted by atomic mass is 16.6. The molecule has 0 radical (unpaired) electrons. The van der Waals surface area contributed by atoms with Gasteiger partial charge in [0.1, 0.15) is 5.60 Å². The van der Waals surface area contributed by atoms with Crippen LogP contribution in [-0.4, -0.2) is 11.7 Å². The van der Waals surface area contributed by atoms with Gasteiger partial charge < -0.3 is 15.3 Å². The van der Waals surface area contributed by atoms with Crippen molar-refractivity contribution in [1.29, 1.82) is 0 Å². The summed E-state index contributed by atoms with van der Waals surface area (Å²) in [6.45, 7) is 5.65. The molecule has 16 heavy (non-hydrogen) atoms. The standard InChI is InChI=1S/C11H16N2O3/c1-11(2,3)16-10(14)12-7-9-5-4-6-13(15)8-9/h4-6,8H,7H2,1-3H3,(H,12,14). The van der Waals surface area contributed by atoms with Gasteiger partial charge in [-0.25, -0.2) is 4.79 Å². The first kappa shape index (κ1) is 12.3. The number of rotatable bonds is 2. The summed E-state index contributed by atoms with van der Waals surface area (Å²) >= 11 is 0. The summed E-state index contributed by atoms with van der Waals surface area (Å²) in [5.41, 5.74) is 0.211. The smallest absolute Gasteiger partial charge is 0.407 e. The highest BCUT2D eigenvalue weighted by Gasteiger charge is 2.15. The average molecular weight is 224 g/mol. The van der Waals surface area contributed by atoms with E-state index in [9.17, 15) is 10.0 Å². The van der Waals surface area contributed by atoms with Crippen molar-refractivity contribution in [3.63, 3.8) is 0 Å². The monoisotopic (exact) mass is 224 g/mol. The Morgan fingerprint density at radius 1 is 1.56 bits per heavy atom. The Hall–Kier alpha value is -1.78. The number of aromatic nitrogens is 1. The van der Waals surface area contributed by atoms with Gasteiger partial charge in [0.2, 0.25) is 0 Å². The van der Waals surface area contributed by atoms with Crippen molar-refractivity contribution in [1.82, 2.24) is 5.32 Å². The normalized spacial score (nSPS) is 10.9. The van der Waals surface area contributed by atoms with Crippen LogP contribution in [0.4, 0.5) is 4.79 Å². The van der Waals surface area contributed by atoms with Gasteiger partial charge in [0.15, 0.2) is 12.4 Å². The first-order valence-electron chi connectivity index (χ1n) is 5.01. The molecule has 0 fully saturated rings. The summed E-state index contributed by atoms with van der Waals surface area (Å²) in [5, 5.41) is 13.5. The molecule has 0 unspecified atom stereocenters. The van der Waals surface area contributed by atoms with Gasteiger partial charge in [-0.15, -0.1) is 0 Å².